The summed E-state index contributed by atoms with van der Waals surface area (Å²) in [6.45, 7) is 5.48. The Kier molecular flexibility index (Phi) is 3.65. The Morgan fingerprint density at radius 2 is 1.76 bits per heavy atom. The highest BCUT2D eigenvalue weighted by atomic mass is 16.5. The molecule has 3 heteroatoms. The van der Waals surface area contributed by atoms with E-state index in [1.807, 2.05) is 12.1 Å². The molecule has 0 fully saturated rings. The summed E-state index contributed by atoms with van der Waals surface area (Å²) >= 11 is 0. The zero-order valence-electron chi connectivity index (χ0n) is 12.8. The van der Waals surface area contributed by atoms with Crippen LogP contribution in [0.3, 0.4) is 0 Å². The molecule has 0 atom stereocenters. The van der Waals surface area contributed by atoms with Gasteiger partial charge in [-0.05, 0) is 42.3 Å². The molecule has 0 amide bonds. The molecule has 1 N–H and O–H groups in total. The van der Waals surface area contributed by atoms with Gasteiger partial charge in [-0.15, -0.1) is 0 Å². The predicted octanol–water partition coefficient (Wildman–Crippen LogP) is 3.79. The van der Waals surface area contributed by atoms with Gasteiger partial charge in [-0.2, -0.15) is 0 Å². The number of hydrogen-bond donors (Lipinski definition) is 1. The Bertz CT molecular complexity index is 742. The van der Waals surface area contributed by atoms with Crippen molar-refractivity contribution in [1.29, 1.82) is 0 Å². The number of rotatable bonds is 4. The summed E-state index contributed by atoms with van der Waals surface area (Å²) in [5.41, 5.74) is 3.59. The molecule has 0 saturated heterocycles. The first-order valence-corrected chi connectivity index (χ1v) is 7.34. The third-order valence-corrected chi connectivity index (χ3v) is 3.63. The Morgan fingerprint density at radius 1 is 1.05 bits per heavy atom. The van der Waals surface area contributed by atoms with E-state index in [1.54, 1.807) is 7.11 Å². The van der Waals surface area contributed by atoms with Crippen LogP contribution in [0.15, 0.2) is 48.5 Å². The van der Waals surface area contributed by atoms with Crippen LogP contribution in [0.1, 0.15) is 13.8 Å². The van der Waals surface area contributed by atoms with Crippen LogP contribution in [0.5, 0.6) is 5.75 Å². The van der Waals surface area contributed by atoms with Crippen molar-refractivity contribution in [3.05, 3.63) is 48.5 Å². The van der Waals surface area contributed by atoms with Gasteiger partial charge >= 0.3 is 0 Å². The van der Waals surface area contributed by atoms with E-state index in [0.717, 1.165) is 18.1 Å². The molecule has 1 heterocycles. The van der Waals surface area contributed by atoms with Crippen molar-refractivity contribution >= 4 is 11.0 Å². The van der Waals surface area contributed by atoms with Gasteiger partial charge in [-0.1, -0.05) is 26.0 Å². The van der Waals surface area contributed by atoms with Gasteiger partial charge in [0.1, 0.15) is 5.75 Å². The van der Waals surface area contributed by atoms with E-state index in [1.165, 1.54) is 16.6 Å². The van der Waals surface area contributed by atoms with E-state index in [2.05, 4.69) is 59.8 Å². The van der Waals surface area contributed by atoms with Crippen molar-refractivity contribution in [1.82, 2.24) is 4.98 Å². The van der Waals surface area contributed by atoms with Gasteiger partial charge in [0.05, 0.1) is 19.2 Å². The van der Waals surface area contributed by atoms with E-state index in [0.29, 0.717) is 5.92 Å². The Hall–Kier alpha value is -2.29. The molecule has 21 heavy (non-hydrogen) atoms. The molecule has 0 unspecified atom stereocenters. The first-order chi connectivity index (χ1) is 10.2. The van der Waals surface area contributed by atoms with Crippen LogP contribution < -0.4 is 9.30 Å². The zero-order chi connectivity index (χ0) is 14.8. The molecule has 3 aromatic rings. The van der Waals surface area contributed by atoms with Crippen LogP contribution in [-0.2, 0) is 6.54 Å². The lowest BCUT2D eigenvalue weighted by atomic mass is 10.2. The number of imidazole rings is 1. The number of nitrogens with one attached hydrogen (secondary N) is 1. The second kappa shape index (κ2) is 5.60. The maximum Gasteiger partial charge on any atom is 0.287 e. The lowest BCUT2D eigenvalue weighted by Crippen LogP contribution is -2.37. The normalized spacial score (nSPS) is 11.2. The van der Waals surface area contributed by atoms with Gasteiger partial charge in [0, 0.05) is 0 Å². The lowest BCUT2D eigenvalue weighted by Gasteiger charge is -2.05. The number of benzene rings is 2. The summed E-state index contributed by atoms with van der Waals surface area (Å²) in [4.78, 5) is 3.55. The standard InChI is InChI=1S/C18H20N2O/c1-13(2)12-20-17-7-5-4-6-16(17)19-18(20)14-8-10-15(21-3)11-9-14/h4-11,13H,12H2,1-3H3/p+1. The monoisotopic (exact) mass is 281 g/mol. The molecular formula is C18H21N2O+. The topological polar surface area (TPSA) is 28.9 Å². The predicted molar refractivity (Wildman–Crippen MR) is 85.3 cm³/mol. The smallest absolute Gasteiger partial charge is 0.287 e. The van der Waals surface area contributed by atoms with E-state index in [9.17, 15) is 0 Å². The van der Waals surface area contributed by atoms with Crippen LogP contribution in [0, 0.1) is 5.92 Å². The Balaban J connectivity index is 2.15. The fourth-order valence-corrected chi connectivity index (χ4v) is 2.66. The summed E-state index contributed by atoms with van der Waals surface area (Å²) in [6.07, 6.45) is 0. The van der Waals surface area contributed by atoms with Crippen LogP contribution in [-0.4, -0.2) is 12.1 Å². The van der Waals surface area contributed by atoms with Gasteiger partial charge in [-0.25, -0.2) is 9.55 Å². The molecular weight excluding hydrogens is 260 g/mol. The third kappa shape index (κ3) is 2.64. The number of hydrogen-bond acceptors (Lipinski definition) is 1. The molecule has 0 spiro atoms. The first-order valence-electron chi connectivity index (χ1n) is 7.34. The average Bonchev–Trinajstić information content (AvgIpc) is 2.86. The molecule has 108 valence electrons. The number of para-hydroxylation sites is 2. The number of fused-ring (bicyclic) bond motifs is 1. The van der Waals surface area contributed by atoms with Gasteiger partial charge < -0.3 is 4.74 Å². The number of H-pyrrole nitrogens is 1. The summed E-state index contributed by atoms with van der Waals surface area (Å²) in [5.74, 6) is 2.61. The molecule has 0 radical (unpaired) electrons. The molecule has 3 rings (SSSR count). The van der Waals surface area contributed by atoms with E-state index < -0.39 is 0 Å². The number of aromatic amines is 1. The molecule has 0 saturated carbocycles. The quantitative estimate of drug-likeness (QED) is 0.724. The van der Waals surface area contributed by atoms with Crippen molar-refractivity contribution < 1.29 is 9.30 Å². The maximum atomic E-state index is 5.24. The van der Waals surface area contributed by atoms with Gasteiger partial charge in [0.2, 0.25) is 0 Å². The minimum absolute atomic E-state index is 0.589. The molecule has 2 aromatic carbocycles. The highest BCUT2D eigenvalue weighted by Crippen LogP contribution is 2.22. The van der Waals surface area contributed by atoms with E-state index in [-0.39, 0.29) is 0 Å². The van der Waals surface area contributed by atoms with Crippen molar-refractivity contribution in [2.24, 2.45) is 5.92 Å². The molecule has 0 aliphatic rings. The van der Waals surface area contributed by atoms with Crippen molar-refractivity contribution in [2.75, 3.05) is 7.11 Å². The second-order valence-corrected chi connectivity index (χ2v) is 5.72. The molecule has 3 nitrogen and oxygen atoms in total. The summed E-state index contributed by atoms with van der Waals surface area (Å²) in [5, 5.41) is 0. The third-order valence-electron chi connectivity index (χ3n) is 3.63. The lowest BCUT2D eigenvalue weighted by molar-refractivity contribution is -0.666. The molecule has 0 aliphatic carbocycles. The largest absolute Gasteiger partial charge is 0.497 e. The molecule has 1 aromatic heterocycles. The van der Waals surface area contributed by atoms with E-state index in [4.69, 9.17) is 4.74 Å². The van der Waals surface area contributed by atoms with Gasteiger partial charge in [-0.3, -0.25) is 0 Å². The van der Waals surface area contributed by atoms with Crippen molar-refractivity contribution in [2.45, 2.75) is 20.4 Å². The van der Waals surface area contributed by atoms with Crippen molar-refractivity contribution in [3.8, 4) is 17.1 Å². The van der Waals surface area contributed by atoms with Crippen LogP contribution in [0.25, 0.3) is 22.4 Å². The highest BCUT2D eigenvalue weighted by Gasteiger charge is 2.20. The summed E-state index contributed by atoms with van der Waals surface area (Å²) < 4.78 is 7.60. The number of methoxy groups -OCH3 is 1. The first kappa shape index (κ1) is 13.7. The van der Waals surface area contributed by atoms with Crippen LogP contribution in [0.2, 0.25) is 0 Å². The minimum Gasteiger partial charge on any atom is -0.497 e. The Morgan fingerprint density at radius 3 is 2.43 bits per heavy atom. The Labute approximate surface area is 125 Å². The number of ether oxygens (including phenoxy) is 1. The highest BCUT2D eigenvalue weighted by molar-refractivity contribution is 5.74. The van der Waals surface area contributed by atoms with E-state index >= 15 is 0 Å². The molecule has 0 bridgehead atoms. The minimum atomic E-state index is 0.589. The number of nitrogens with zero attached hydrogens (tertiary/aromatic N) is 1. The fourth-order valence-electron chi connectivity index (χ4n) is 2.66. The van der Waals surface area contributed by atoms with Gasteiger partial charge in [0.25, 0.3) is 5.82 Å². The van der Waals surface area contributed by atoms with Crippen molar-refractivity contribution in [3.63, 3.8) is 0 Å². The molecule has 0 aliphatic heterocycles. The van der Waals surface area contributed by atoms with Gasteiger partial charge in [0.15, 0.2) is 11.0 Å². The maximum absolute atomic E-state index is 5.24. The fraction of sp³-hybridized carbons (Fsp3) is 0.278. The zero-order valence-corrected chi connectivity index (χ0v) is 12.8. The SMILES string of the molecule is COc1ccc(-c2[nH]c3ccccc3[n+]2CC(C)C)cc1. The summed E-state index contributed by atoms with van der Waals surface area (Å²) in [6, 6.07) is 16.6. The van der Waals surface area contributed by atoms with Crippen LogP contribution >= 0.6 is 0 Å². The average molecular weight is 281 g/mol. The second-order valence-electron chi connectivity index (χ2n) is 5.72. The van der Waals surface area contributed by atoms with Crippen LogP contribution in [0.4, 0.5) is 0 Å². The number of aromatic nitrogens is 2. The summed E-state index contributed by atoms with van der Waals surface area (Å²) in [7, 11) is 1.69.